The van der Waals surface area contributed by atoms with Gasteiger partial charge in [-0.15, -0.1) is 0 Å². The first-order chi connectivity index (χ1) is 10.2. The largest absolute Gasteiger partial charge is 0.497 e. The lowest BCUT2D eigenvalue weighted by Crippen LogP contribution is -2.20. The van der Waals surface area contributed by atoms with Gasteiger partial charge in [-0.05, 0) is 18.6 Å². The molecule has 6 nitrogen and oxygen atoms in total. The summed E-state index contributed by atoms with van der Waals surface area (Å²) in [6.45, 7) is 3.71. The van der Waals surface area contributed by atoms with E-state index in [0.29, 0.717) is 30.3 Å². The number of carbonyl (C=O) groups excluding carboxylic acids is 1. The third-order valence-corrected chi connectivity index (χ3v) is 2.78. The molecule has 3 N–H and O–H groups in total. The first-order valence-electron chi connectivity index (χ1n) is 7.06. The number of anilines is 2. The smallest absolute Gasteiger partial charge is 0.250 e. The molecule has 0 atom stereocenters. The monoisotopic (exact) mass is 296 g/mol. The highest BCUT2D eigenvalue weighted by atomic mass is 16.5. The summed E-state index contributed by atoms with van der Waals surface area (Å²) in [6, 6.07) is 5.08. The number of nitrogen functional groups attached to an aromatic ring is 1. The zero-order valence-electron chi connectivity index (χ0n) is 12.7. The molecule has 0 fully saturated rings. The predicted molar refractivity (Wildman–Crippen MR) is 82.6 cm³/mol. The van der Waals surface area contributed by atoms with Gasteiger partial charge in [0.15, 0.2) is 0 Å². The van der Waals surface area contributed by atoms with Crippen LogP contribution in [0.2, 0.25) is 0 Å². The number of methoxy groups -OCH3 is 1. The number of benzene rings is 1. The molecule has 6 heteroatoms. The van der Waals surface area contributed by atoms with E-state index in [1.165, 1.54) is 0 Å². The SMILES string of the molecule is CCCCOCCOCC(=O)Nc1ccc(OC)cc1N. The van der Waals surface area contributed by atoms with Crippen LogP contribution in [0.25, 0.3) is 0 Å². The van der Waals surface area contributed by atoms with Crippen LogP contribution in [0.4, 0.5) is 11.4 Å². The van der Waals surface area contributed by atoms with Crippen molar-refractivity contribution < 1.29 is 19.0 Å². The summed E-state index contributed by atoms with van der Waals surface area (Å²) >= 11 is 0. The second kappa shape index (κ2) is 10.0. The predicted octanol–water partition coefficient (Wildman–Crippen LogP) is 2.05. The fourth-order valence-electron chi connectivity index (χ4n) is 1.60. The van der Waals surface area contributed by atoms with Gasteiger partial charge in [-0.25, -0.2) is 0 Å². The van der Waals surface area contributed by atoms with Crippen LogP contribution in [-0.2, 0) is 14.3 Å². The van der Waals surface area contributed by atoms with Crippen LogP contribution in [0, 0.1) is 0 Å². The van der Waals surface area contributed by atoms with Crippen LogP contribution in [0.3, 0.4) is 0 Å². The maximum atomic E-state index is 11.7. The molecule has 1 aromatic carbocycles. The second-order valence-corrected chi connectivity index (χ2v) is 4.52. The lowest BCUT2D eigenvalue weighted by Gasteiger charge is -2.10. The normalized spacial score (nSPS) is 10.4. The standard InChI is InChI=1S/C15H24N2O4/c1-3-4-7-20-8-9-21-11-15(18)17-14-6-5-12(19-2)10-13(14)16/h5-6,10H,3-4,7-9,11,16H2,1-2H3,(H,17,18). The molecule has 0 saturated carbocycles. The Kier molecular flexibility index (Phi) is 8.23. The molecular formula is C15H24N2O4. The Morgan fingerprint density at radius 2 is 2.00 bits per heavy atom. The Morgan fingerprint density at radius 3 is 2.67 bits per heavy atom. The number of unbranched alkanes of at least 4 members (excludes halogenated alkanes) is 1. The van der Waals surface area contributed by atoms with Crippen molar-refractivity contribution in [3.63, 3.8) is 0 Å². The maximum Gasteiger partial charge on any atom is 0.250 e. The van der Waals surface area contributed by atoms with E-state index in [0.717, 1.165) is 19.4 Å². The highest BCUT2D eigenvalue weighted by Gasteiger charge is 2.06. The molecule has 0 aliphatic heterocycles. The number of carbonyl (C=O) groups is 1. The van der Waals surface area contributed by atoms with Gasteiger partial charge in [-0.1, -0.05) is 13.3 Å². The van der Waals surface area contributed by atoms with Gasteiger partial charge < -0.3 is 25.3 Å². The Balaban J connectivity index is 2.21. The molecule has 0 aliphatic rings. The van der Waals surface area contributed by atoms with Gasteiger partial charge in [-0.2, -0.15) is 0 Å². The second-order valence-electron chi connectivity index (χ2n) is 4.52. The van der Waals surface area contributed by atoms with E-state index in [9.17, 15) is 4.79 Å². The molecule has 0 radical (unpaired) electrons. The topological polar surface area (TPSA) is 82.8 Å². The van der Waals surface area contributed by atoms with Crippen molar-refractivity contribution in [2.24, 2.45) is 0 Å². The number of hydrogen-bond donors (Lipinski definition) is 2. The summed E-state index contributed by atoms with van der Waals surface area (Å²) in [5.41, 5.74) is 6.81. The number of ether oxygens (including phenoxy) is 3. The summed E-state index contributed by atoms with van der Waals surface area (Å²) in [7, 11) is 1.56. The summed E-state index contributed by atoms with van der Waals surface area (Å²) in [4.78, 5) is 11.7. The zero-order chi connectivity index (χ0) is 15.5. The average Bonchev–Trinajstić information content (AvgIpc) is 2.48. The minimum absolute atomic E-state index is 0.0252. The Hall–Kier alpha value is -1.79. The minimum atomic E-state index is -0.250. The number of nitrogens with one attached hydrogen (secondary N) is 1. The van der Waals surface area contributed by atoms with Crippen LogP contribution in [0.15, 0.2) is 18.2 Å². The van der Waals surface area contributed by atoms with Gasteiger partial charge in [0.2, 0.25) is 5.91 Å². The third kappa shape index (κ3) is 6.97. The van der Waals surface area contributed by atoms with E-state index >= 15 is 0 Å². The molecule has 0 saturated heterocycles. The van der Waals surface area contributed by atoms with Crippen LogP contribution < -0.4 is 15.8 Å². The highest BCUT2D eigenvalue weighted by molar-refractivity contribution is 5.94. The Bertz CT molecular complexity index is 438. The number of hydrogen-bond acceptors (Lipinski definition) is 5. The first-order valence-corrected chi connectivity index (χ1v) is 7.06. The number of rotatable bonds is 10. The third-order valence-electron chi connectivity index (χ3n) is 2.78. The van der Waals surface area contributed by atoms with Crippen molar-refractivity contribution in [2.75, 3.05) is 44.6 Å². The van der Waals surface area contributed by atoms with Crippen molar-refractivity contribution in [2.45, 2.75) is 19.8 Å². The van der Waals surface area contributed by atoms with Crippen molar-refractivity contribution in [1.29, 1.82) is 0 Å². The van der Waals surface area contributed by atoms with Gasteiger partial charge >= 0.3 is 0 Å². The van der Waals surface area contributed by atoms with Crippen LogP contribution in [0.5, 0.6) is 5.75 Å². The van der Waals surface area contributed by atoms with Gasteiger partial charge in [0.05, 0.1) is 31.7 Å². The van der Waals surface area contributed by atoms with E-state index in [1.54, 1.807) is 25.3 Å². The molecule has 0 unspecified atom stereocenters. The molecule has 118 valence electrons. The zero-order valence-corrected chi connectivity index (χ0v) is 12.7. The van der Waals surface area contributed by atoms with E-state index in [4.69, 9.17) is 19.9 Å². The van der Waals surface area contributed by atoms with E-state index in [2.05, 4.69) is 12.2 Å². The van der Waals surface area contributed by atoms with Gasteiger partial charge in [0, 0.05) is 12.7 Å². The average molecular weight is 296 g/mol. The van der Waals surface area contributed by atoms with E-state index < -0.39 is 0 Å². The minimum Gasteiger partial charge on any atom is -0.497 e. The Labute approximate surface area is 125 Å². The molecule has 0 aromatic heterocycles. The lowest BCUT2D eigenvalue weighted by atomic mass is 10.2. The van der Waals surface area contributed by atoms with Crippen molar-refractivity contribution >= 4 is 17.3 Å². The van der Waals surface area contributed by atoms with Gasteiger partial charge in [-0.3, -0.25) is 4.79 Å². The maximum absolute atomic E-state index is 11.7. The van der Waals surface area contributed by atoms with Crippen molar-refractivity contribution in [3.05, 3.63) is 18.2 Å². The first kappa shape index (κ1) is 17.3. The molecule has 1 aromatic rings. The number of amides is 1. The summed E-state index contributed by atoms with van der Waals surface area (Å²) in [5.74, 6) is 0.395. The fourth-order valence-corrected chi connectivity index (χ4v) is 1.60. The van der Waals surface area contributed by atoms with Crippen molar-refractivity contribution in [1.82, 2.24) is 0 Å². The highest BCUT2D eigenvalue weighted by Crippen LogP contribution is 2.23. The Morgan fingerprint density at radius 1 is 1.24 bits per heavy atom. The van der Waals surface area contributed by atoms with E-state index in [-0.39, 0.29) is 12.5 Å². The molecule has 0 heterocycles. The van der Waals surface area contributed by atoms with Gasteiger partial charge in [0.1, 0.15) is 12.4 Å². The van der Waals surface area contributed by atoms with Gasteiger partial charge in [0.25, 0.3) is 0 Å². The lowest BCUT2D eigenvalue weighted by molar-refractivity contribution is -0.121. The summed E-state index contributed by atoms with van der Waals surface area (Å²) in [5, 5.41) is 2.69. The number of nitrogens with two attached hydrogens (primary N) is 1. The molecule has 21 heavy (non-hydrogen) atoms. The van der Waals surface area contributed by atoms with E-state index in [1.807, 2.05) is 0 Å². The molecule has 0 bridgehead atoms. The van der Waals surface area contributed by atoms with Crippen LogP contribution in [-0.4, -0.2) is 39.4 Å². The van der Waals surface area contributed by atoms with Crippen LogP contribution >= 0.6 is 0 Å². The summed E-state index contributed by atoms with van der Waals surface area (Å²) in [6.07, 6.45) is 2.14. The molecule has 0 spiro atoms. The molecule has 0 aliphatic carbocycles. The van der Waals surface area contributed by atoms with Crippen LogP contribution in [0.1, 0.15) is 19.8 Å². The quantitative estimate of drug-likeness (QED) is 0.510. The molecule has 1 amide bonds. The molecular weight excluding hydrogens is 272 g/mol. The molecule has 1 rings (SSSR count). The summed E-state index contributed by atoms with van der Waals surface area (Å²) < 4.78 is 15.6. The van der Waals surface area contributed by atoms with Crippen molar-refractivity contribution in [3.8, 4) is 5.75 Å². The fraction of sp³-hybridized carbons (Fsp3) is 0.533.